The first-order chi connectivity index (χ1) is 17.7. The number of hydrogen-bond acceptors (Lipinski definition) is 5. The lowest BCUT2D eigenvalue weighted by atomic mass is 9.95. The first-order valence-electron chi connectivity index (χ1n) is 11.0. The van der Waals surface area contributed by atoms with Gasteiger partial charge in [0.1, 0.15) is 17.3 Å². The lowest BCUT2D eigenvalue weighted by molar-refractivity contribution is -0.274. The lowest BCUT2D eigenvalue weighted by Crippen LogP contribution is -2.29. The maximum atomic E-state index is 13.3. The maximum Gasteiger partial charge on any atom is 0.573 e. The van der Waals surface area contributed by atoms with E-state index in [-0.39, 0.29) is 17.0 Å². The van der Waals surface area contributed by atoms with E-state index < -0.39 is 29.8 Å². The third-order valence-corrected chi connectivity index (χ3v) is 6.05. The number of aliphatic hydroxyl groups excluding tert-OH is 1. The van der Waals surface area contributed by atoms with Gasteiger partial charge in [0.2, 0.25) is 0 Å². The molecule has 5 rings (SSSR count). The van der Waals surface area contributed by atoms with Crippen molar-refractivity contribution < 1.29 is 37.3 Å². The number of aliphatic hydroxyl groups is 1. The summed E-state index contributed by atoms with van der Waals surface area (Å²) >= 11 is 0. The number of nitrogens with one attached hydrogen (secondary N) is 1. The number of benzene rings is 3. The van der Waals surface area contributed by atoms with Gasteiger partial charge >= 0.3 is 6.36 Å². The number of rotatable bonds is 5. The first kappa shape index (κ1) is 24.0. The molecule has 0 aliphatic carbocycles. The van der Waals surface area contributed by atoms with E-state index in [1.165, 1.54) is 19.2 Å². The van der Waals surface area contributed by atoms with Crippen LogP contribution in [0.3, 0.4) is 0 Å². The summed E-state index contributed by atoms with van der Waals surface area (Å²) in [5.41, 5.74) is 1.48. The van der Waals surface area contributed by atoms with Crippen LogP contribution in [0, 0.1) is 0 Å². The van der Waals surface area contributed by atoms with E-state index in [1.807, 2.05) is 6.07 Å². The molecule has 0 bridgehead atoms. The minimum atomic E-state index is -4.88. The van der Waals surface area contributed by atoms with Gasteiger partial charge in [0, 0.05) is 28.4 Å². The Morgan fingerprint density at radius 2 is 1.70 bits per heavy atom. The highest BCUT2D eigenvalue weighted by atomic mass is 19.4. The average molecular weight is 508 g/mol. The number of aromatic amines is 1. The summed E-state index contributed by atoms with van der Waals surface area (Å²) < 4.78 is 47.1. The molecule has 2 N–H and O–H groups in total. The Morgan fingerprint density at radius 1 is 0.973 bits per heavy atom. The Bertz CT molecular complexity index is 1540. The lowest BCUT2D eigenvalue weighted by Gasteiger charge is -2.26. The Balaban J connectivity index is 1.68. The summed E-state index contributed by atoms with van der Waals surface area (Å²) in [6.07, 6.45) is -3.34. The number of ketones is 1. The van der Waals surface area contributed by atoms with Gasteiger partial charge in [-0.2, -0.15) is 0 Å². The molecule has 1 aliphatic heterocycles. The number of anilines is 1. The van der Waals surface area contributed by atoms with Crippen LogP contribution in [0.2, 0.25) is 0 Å². The Labute approximate surface area is 208 Å². The van der Waals surface area contributed by atoms with Gasteiger partial charge in [-0.25, -0.2) is 0 Å². The highest BCUT2D eigenvalue weighted by molar-refractivity contribution is 6.51. The van der Waals surface area contributed by atoms with Gasteiger partial charge in [0.15, 0.2) is 0 Å². The summed E-state index contributed by atoms with van der Waals surface area (Å²) in [5, 5.41) is 12.0. The van der Waals surface area contributed by atoms with Crippen molar-refractivity contribution >= 4 is 34.0 Å². The predicted molar refractivity (Wildman–Crippen MR) is 129 cm³/mol. The van der Waals surface area contributed by atoms with E-state index >= 15 is 0 Å². The van der Waals surface area contributed by atoms with Crippen LogP contribution in [-0.4, -0.2) is 35.3 Å². The molecule has 37 heavy (non-hydrogen) atoms. The zero-order valence-corrected chi connectivity index (χ0v) is 19.2. The predicted octanol–water partition coefficient (Wildman–Crippen LogP) is 5.70. The molecule has 4 aromatic rings. The minimum absolute atomic E-state index is 0.141. The van der Waals surface area contributed by atoms with Crippen LogP contribution in [0.25, 0.3) is 16.7 Å². The second-order valence-electron chi connectivity index (χ2n) is 8.24. The quantitative estimate of drug-likeness (QED) is 0.205. The molecule has 188 valence electrons. The number of Topliss-reactive ketones (excluding diaryl/α,β-unsaturated/α-hetero) is 1. The van der Waals surface area contributed by atoms with Crippen LogP contribution in [0.1, 0.15) is 17.2 Å². The molecule has 0 spiro atoms. The standard InChI is InChI=1S/C27H19F3N2O5/c1-36-18-6-4-5-15(13-18)23-22(24(33)20-14-31-21-8-3-2-7-19(20)21)25(34)26(35)32(23)16-9-11-17(12-10-16)37-27(28,29)30/h2-14,23,31,33H,1H3/b24-22-. The Kier molecular flexibility index (Phi) is 5.87. The highest BCUT2D eigenvalue weighted by Crippen LogP contribution is 2.44. The van der Waals surface area contributed by atoms with Crippen LogP contribution in [-0.2, 0) is 9.59 Å². The molecule has 0 saturated carbocycles. The first-order valence-corrected chi connectivity index (χ1v) is 11.0. The number of amides is 1. The molecule has 1 saturated heterocycles. The van der Waals surface area contributed by atoms with E-state index in [0.29, 0.717) is 22.3 Å². The number of ether oxygens (including phenoxy) is 2. The summed E-state index contributed by atoms with van der Waals surface area (Å²) in [7, 11) is 1.46. The van der Waals surface area contributed by atoms with Crippen molar-refractivity contribution in [1.82, 2.24) is 4.98 Å². The summed E-state index contributed by atoms with van der Waals surface area (Å²) in [6.45, 7) is 0. The largest absolute Gasteiger partial charge is 0.573 e. The van der Waals surface area contributed by atoms with Crippen LogP contribution < -0.4 is 14.4 Å². The van der Waals surface area contributed by atoms with Crippen LogP contribution in [0.15, 0.2) is 84.6 Å². The van der Waals surface area contributed by atoms with Crippen molar-refractivity contribution in [3.63, 3.8) is 0 Å². The molecule has 1 aromatic heterocycles. The Morgan fingerprint density at radius 3 is 2.41 bits per heavy atom. The van der Waals surface area contributed by atoms with Gasteiger partial charge in [-0.1, -0.05) is 30.3 Å². The van der Waals surface area contributed by atoms with Gasteiger partial charge in [0.25, 0.3) is 11.7 Å². The van der Waals surface area contributed by atoms with E-state index in [0.717, 1.165) is 22.5 Å². The van der Waals surface area contributed by atoms with Gasteiger partial charge < -0.3 is 19.6 Å². The van der Waals surface area contributed by atoms with E-state index in [1.54, 1.807) is 48.7 Å². The number of carbonyl (C=O) groups is 2. The van der Waals surface area contributed by atoms with Gasteiger partial charge in [0.05, 0.1) is 18.7 Å². The number of aromatic nitrogens is 1. The van der Waals surface area contributed by atoms with Crippen LogP contribution >= 0.6 is 0 Å². The number of halogens is 3. The molecule has 2 heterocycles. The molecule has 1 amide bonds. The van der Waals surface area contributed by atoms with E-state index in [9.17, 15) is 27.9 Å². The van der Waals surface area contributed by atoms with Crippen molar-refractivity contribution in [2.45, 2.75) is 12.4 Å². The monoisotopic (exact) mass is 508 g/mol. The average Bonchev–Trinajstić information content (AvgIpc) is 3.42. The third-order valence-electron chi connectivity index (χ3n) is 6.05. The molecular weight excluding hydrogens is 489 g/mol. The fraction of sp³-hybridized carbons (Fsp3) is 0.111. The zero-order chi connectivity index (χ0) is 26.3. The molecule has 3 aromatic carbocycles. The van der Waals surface area contributed by atoms with Crippen LogP contribution in [0.5, 0.6) is 11.5 Å². The number of methoxy groups -OCH3 is 1. The summed E-state index contributed by atoms with van der Waals surface area (Å²) in [4.78, 5) is 30.8. The fourth-order valence-corrected chi connectivity index (χ4v) is 4.45. The zero-order valence-electron chi connectivity index (χ0n) is 19.2. The molecule has 10 heteroatoms. The number of nitrogens with zero attached hydrogens (tertiary/aromatic N) is 1. The van der Waals surface area contributed by atoms with Crippen molar-refractivity contribution in [3.8, 4) is 11.5 Å². The van der Waals surface area contributed by atoms with Crippen molar-refractivity contribution in [2.75, 3.05) is 12.0 Å². The second kappa shape index (κ2) is 9.05. The van der Waals surface area contributed by atoms with Crippen molar-refractivity contribution in [3.05, 3.63) is 95.7 Å². The highest BCUT2D eigenvalue weighted by Gasteiger charge is 2.47. The SMILES string of the molecule is COc1cccc(C2/C(=C(/O)c3c[nH]c4ccccc34)C(=O)C(=O)N2c2ccc(OC(F)(F)F)cc2)c1. The number of alkyl halides is 3. The van der Waals surface area contributed by atoms with Crippen molar-refractivity contribution in [2.24, 2.45) is 0 Å². The van der Waals surface area contributed by atoms with Crippen molar-refractivity contribution in [1.29, 1.82) is 0 Å². The number of carbonyl (C=O) groups excluding carboxylic acids is 2. The summed E-state index contributed by atoms with van der Waals surface area (Å²) in [5.74, 6) is -2.30. The smallest absolute Gasteiger partial charge is 0.507 e. The Hall–Kier alpha value is -4.73. The van der Waals surface area contributed by atoms with E-state index in [4.69, 9.17) is 4.74 Å². The summed E-state index contributed by atoms with van der Waals surface area (Å²) in [6, 6.07) is 17.3. The van der Waals surface area contributed by atoms with Gasteiger partial charge in [-0.15, -0.1) is 13.2 Å². The molecule has 1 unspecified atom stereocenters. The molecule has 1 fully saturated rings. The molecule has 1 atom stereocenters. The molecule has 7 nitrogen and oxygen atoms in total. The third kappa shape index (κ3) is 4.37. The maximum absolute atomic E-state index is 13.3. The fourth-order valence-electron chi connectivity index (χ4n) is 4.45. The van der Waals surface area contributed by atoms with Gasteiger partial charge in [-0.3, -0.25) is 14.5 Å². The number of H-pyrrole nitrogens is 1. The molecule has 1 aliphatic rings. The molecular formula is C27H19F3N2O5. The second-order valence-corrected chi connectivity index (χ2v) is 8.24. The molecule has 0 radical (unpaired) electrons. The topological polar surface area (TPSA) is 91.9 Å². The number of fused-ring (bicyclic) bond motifs is 1. The van der Waals surface area contributed by atoms with E-state index in [2.05, 4.69) is 9.72 Å². The van der Waals surface area contributed by atoms with Gasteiger partial charge in [-0.05, 0) is 48.0 Å². The number of hydrogen-bond donors (Lipinski definition) is 2. The minimum Gasteiger partial charge on any atom is -0.507 e. The number of para-hydroxylation sites is 1. The normalized spacial score (nSPS) is 17.4. The van der Waals surface area contributed by atoms with Crippen LogP contribution in [0.4, 0.5) is 18.9 Å².